The SMILES string of the molecule is C[C@H]1C[C@@H](C(=O)NCC#N)N(c2cc(-c3ccc(CCN4CCCC4)cc3)ccc2Cl)C1. The first-order valence-corrected chi connectivity index (χ1v) is 12.0. The molecule has 0 saturated carbocycles. The Labute approximate surface area is 196 Å². The van der Waals surface area contributed by atoms with Gasteiger partial charge in [-0.05, 0) is 73.5 Å². The number of likely N-dealkylation sites (tertiary alicyclic amines) is 1. The molecule has 2 saturated heterocycles. The quantitative estimate of drug-likeness (QED) is 0.631. The van der Waals surface area contributed by atoms with Gasteiger partial charge in [-0.2, -0.15) is 5.26 Å². The zero-order valence-corrected chi connectivity index (χ0v) is 19.4. The number of rotatable bonds is 7. The minimum atomic E-state index is -0.306. The Morgan fingerprint density at radius 1 is 1.16 bits per heavy atom. The number of nitriles is 1. The lowest BCUT2D eigenvalue weighted by Gasteiger charge is -2.27. The molecule has 0 radical (unpaired) electrons. The number of benzene rings is 2. The van der Waals surface area contributed by atoms with E-state index in [9.17, 15) is 4.79 Å². The van der Waals surface area contributed by atoms with Crippen molar-refractivity contribution in [3.8, 4) is 17.2 Å². The molecule has 2 aliphatic rings. The zero-order valence-electron chi connectivity index (χ0n) is 18.7. The third kappa shape index (κ3) is 5.26. The number of carbonyl (C=O) groups is 1. The van der Waals surface area contributed by atoms with Gasteiger partial charge in [-0.15, -0.1) is 0 Å². The van der Waals surface area contributed by atoms with Gasteiger partial charge in [0.2, 0.25) is 5.91 Å². The normalized spacial score (nSPS) is 21.0. The number of nitrogens with one attached hydrogen (secondary N) is 1. The topological polar surface area (TPSA) is 59.4 Å². The van der Waals surface area contributed by atoms with E-state index in [1.54, 1.807) is 0 Å². The van der Waals surface area contributed by atoms with E-state index in [1.807, 2.05) is 18.2 Å². The van der Waals surface area contributed by atoms with Gasteiger partial charge in [-0.25, -0.2) is 0 Å². The van der Waals surface area contributed by atoms with Gasteiger partial charge in [0.15, 0.2) is 0 Å². The molecule has 2 aromatic rings. The highest BCUT2D eigenvalue weighted by molar-refractivity contribution is 6.33. The molecule has 4 rings (SSSR count). The lowest BCUT2D eigenvalue weighted by Crippen LogP contribution is -2.43. The summed E-state index contributed by atoms with van der Waals surface area (Å²) < 4.78 is 0. The molecule has 0 aromatic heterocycles. The van der Waals surface area contributed by atoms with Crippen molar-refractivity contribution in [1.82, 2.24) is 10.2 Å². The van der Waals surface area contributed by atoms with Crippen LogP contribution in [0.2, 0.25) is 5.02 Å². The van der Waals surface area contributed by atoms with Crippen molar-refractivity contribution in [1.29, 1.82) is 5.26 Å². The van der Waals surface area contributed by atoms with Crippen molar-refractivity contribution in [2.24, 2.45) is 5.92 Å². The maximum atomic E-state index is 12.6. The maximum absolute atomic E-state index is 12.6. The molecule has 0 bridgehead atoms. The molecule has 2 fully saturated rings. The van der Waals surface area contributed by atoms with Crippen molar-refractivity contribution in [3.05, 3.63) is 53.1 Å². The Kier molecular flexibility index (Phi) is 7.34. The first-order chi connectivity index (χ1) is 15.5. The van der Waals surface area contributed by atoms with E-state index in [1.165, 1.54) is 31.5 Å². The number of halogens is 1. The average Bonchev–Trinajstić information content (AvgIpc) is 3.46. The van der Waals surface area contributed by atoms with Crippen LogP contribution in [-0.4, -0.2) is 49.6 Å². The highest BCUT2D eigenvalue weighted by Crippen LogP contribution is 2.37. The second kappa shape index (κ2) is 10.4. The lowest BCUT2D eigenvalue weighted by molar-refractivity contribution is -0.122. The molecule has 0 unspecified atom stereocenters. The van der Waals surface area contributed by atoms with Crippen LogP contribution in [0.25, 0.3) is 11.1 Å². The number of carbonyl (C=O) groups excluding carboxylic acids is 1. The van der Waals surface area contributed by atoms with Crippen molar-refractivity contribution >= 4 is 23.2 Å². The number of hydrogen-bond donors (Lipinski definition) is 1. The summed E-state index contributed by atoms with van der Waals surface area (Å²) in [5.41, 5.74) is 4.47. The lowest BCUT2D eigenvalue weighted by atomic mass is 10.0. The fraction of sp³-hybridized carbons (Fsp3) is 0.462. The summed E-state index contributed by atoms with van der Waals surface area (Å²) in [5, 5.41) is 12.2. The number of nitrogens with zero attached hydrogens (tertiary/aromatic N) is 3. The Bertz CT molecular complexity index is 978. The smallest absolute Gasteiger partial charge is 0.243 e. The molecule has 1 N–H and O–H groups in total. The monoisotopic (exact) mass is 450 g/mol. The van der Waals surface area contributed by atoms with Crippen LogP contribution in [0.5, 0.6) is 0 Å². The van der Waals surface area contributed by atoms with Gasteiger partial charge < -0.3 is 15.1 Å². The summed E-state index contributed by atoms with van der Waals surface area (Å²) in [7, 11) is 0. The van der Waals surface area contributed by atoms with Crippen LogP contribution >= 0.6 is 11.6 Å². The molecule has 1 amide bonds. The summed E-state index contributed by atoms with van der Waals surface area (Å²) in [6.07, 6.45) is 4.49. The molecule has 6 heteroatoms. The van der Waals surface area contributed by atoms with Crippen LogP contribution in [0.3, 0.4) is 0 Å². The molecule has 0 aliphatic carbocycles. The van der Waals surface area contributed by atoms with Gasteiger partial charge in [0.05, 0.1) is 16.8 Å². The molecular weight excluding hydrogens is 420 g/mol. The van der Waals surface area contributed by atoms with Crippen LogP contribution in [0.15, 0.2) is 42.5 Å². The first kappa shape index (κ1) is 22.6. The third-order valence-electron chi connectivity index (χ3n) is 6.61. The van der Waals surface area contributed by atoms with E-state index in [2.05, 4.69) is 52.4 Å². The van der Waals surface area contributed by atoms with E-state index < -0.39 is 0 Å². The summed E-state index contributed by atoms with van der Waals surface area (Å²) >= 11 is 6.58. The van der Waals surface area contributed by atoms with Crippen molar-refractivity contribution in [3.63, 3.8) is 0 Å². The average molecular weight is 451 g/mol. The Balaban J connectivity index is 1.50. The second-order valence-corrected chi connectivity index (χ2v) is 9.45. The molecule has 168 valence electrons. The van der Waals surface area contributed by atoms with E-state index in [0.717, 1.165) is 42.7 Å². The molecule has 2 aliphatic heterocycles. The standard InChI is InChI=1S/C26H31ClN4O/c1-19-16-25(26(32)29-12-11-28)31(18-19)24-17-22(8-9-23(24)27)21-6-4-20(5-7-21)10-15-30-13-2-3-14-30/h4-9,17,19,25H,2-3,10,12-16,18H2,1H3,(H,29,32)/t19-,25-/m0/s1. The molecular formula is C26H31ClN4O. The Morgan fingerprint density at radius 3 is 2.59 bits per heavy atom. The number of hydrogen-bond acceptors (Lipinski definition) is 4. The second-order valence-electron chi connectivity index (χ2n) is 9.05. The van der Waals surface area contributed by atoms with Crippen LogP contribution in [-0.2, 0) is 11.2 Å². The summed E-state index contributed by atoms with van der Waals surface area (Å²) in [6.45, 7) is 6.53. The zero-order chi connectivity index (χ0) is 22.5. The minimum Gasteiger partial charge on any atom is -0.358 e. The highest BCUT2D eigenvalue weighted by atomic mass is 35.5. The van der Waals surface area contributed by atoms with Gasteiger partial charge in [0.25, 0.3) is 0 Å². The van der Waals surface area contributed by atoms with Gasteiger partial charge >= 0.3 is 0 Å². The molecule has 5 nitrogen and oxygen atoms in total. The largest absolute Gasteiger partial charge is 0.358 e. The number of amides is 1. The summed E-state index contributed by atoms with van der Waals surface area (Å²) in [4.78, 5) is 17.3. The van der Waals surface area contributed by atoms with Gasteiger partial charge in [0, 0.05) is 13.1 Å². The molecule has 2 heterocycles. The van der Waals surface area contributed by atoms with Gasteiger partial charge in [0.1, 0.15) is 12.6 Å². The predicted octanol–water partition coefficient (Wildman–Crippen LogP) is 4.50. The van der Waals surface area contributed by atoms with Crippen LogP contribution in [0.1, 0.15) is 31.7 Å². The van der Waals surface area contributed by atoms with E-state index in [-0.39, 0.29) is 18.5 Å². The number of anilines is 1. The van der Waals surface area contributed by atoms with Crippen molar-refractivity contribution in [2.75, 3.05) is 37.6 Å². The van der Waals surface area contributed by atoms with Gasteiger partial charge in [-0.3, -0.25) is 4.79 Å². The van der Waals surface area contributed by atoms with E-state index in [0.29, 0.717) is 10.9 Å². The van der Waals surface area contributed by atoms with Crippen molar-refractivity contribution in [2.45, 2.75) is 38.6 Å². The highest BCUT2D eigenvalue weighted by Gasteiger charge is 2.35. The molecule has 2 aromatic carbocycles. The predicted molar refractivity (Wildman–Crippen MR) is 130 cm³/mol. The van der Waals surface area contributed by atoms with Crippen LogP contribution in [0, 0.1) is 17.2 Å². The van der Waals surface area contributed by atoms with Gasteiger partial charge in [-0.1, -0.05) is 48.9 Å². The fourth-order valence-corrected chi connectivity index (χ4v) is 5.10. The summed E-state index contributed by atoms with van der Waals surface area (Å²) in [5.74, 6) is 0.266. The van der Waals surface area contributed by atoms with Crippen LogP contribution in [0.4, 0.5) is 5.69 Å². The van der Waals surface area contributed by atoms with E-state index >= 15 is 0 Å². The fourth-order valence-electron chi connectivity index (χ4n) is 4.87. The minimum absolute atomic E-state index is 0.0232. The summed E-state index contributed by atoms with van der Waals surface area (Å²) in [6, 6.07) is 16.5. The Hall–Kier alpha value is -2.55. The van der Waals surface area contributed by atoms with E-state index in [4.69, 9.17) is 16.9 Å². The first-order valence-electron chi connectivity index (χ1n) is 11.6. The maximum Gasteiger partial charge on any atom is 0.243 e. The van der Waals surface area contributed by atoms with Crippen molar-refractivity contribution < 1.29 is 4.79 Å². The molecule has 0 spiro atoms. The molecule has 2 atom stereocenters. The van der Waals surface area contributed by atoms with Crippen LogP contribution < -0.4 is 10.2 Å². The Morgan fingerprint density at radius 2 is 1.88 bits per heavy atom. The third-order valence-corrected chi connectivity index (χ3v) is 6.93. The molecule has 32 heavy (non-hydrogen) atoms.